The standard InChI is InChI=1S/C30H40ClN3O2/c1-3-34(4-2)21-7-22-36-29-10-5-9-28(32)30(29)33-20-6-8-24-13-17-27(18-14-24)35-23-19-25-11-15-26(31)16-12-25/h5,9-18,33H,3-4,6-8,19-23,32H2,1-2H3. The van der Waals surface area contributed by atoms with E-state index in [4.69, 9.17) is 26.8 Å². The lowest BCUT2D eigenvalue weighted by Gasteiger charge is -2.19. The molecule has 0 saturated carbocycles. The van der Waals surface area contributed by atoms with Crippen LogP contribution in [0.15, 0.2) is 66.7 Å². The van der Waals surface area contributed by atoms with E-state index in [0.717, 1.165) is 79.8 Å². The van der Waals surface area contributed by atoms with E-state index in [1.807, 2.05) is 54.6 Å². The predicted molar refractivity (Wildman–Crippen MR) is 153 cm³/mol. The van der Waals surface area contributed by atoms with Gasteiger partial charge in [0.1, 0.15) is 17.2 Å². The molecule has 0 fully saturated rings. The summed E-state index contributed by atoms with van der Waals surface area (Å²) in [6.45, 7) is 9.72. The van der Waals surface area contributed by atoms with Gasteiger partial charge in [0.25, 0.3) is 0 Å². The van der Waals surface area contributed by atoms with Crippen LogP contribution in [-0.4, -0.2) is 44.3 Å². The molecule has 194 valence electrons. The minimum absolute atomic E-state index is 0.642. The van der Waals surface area contributed by atoms with Gasteiger partial charge in [-0.2, -0.15) is 0 Å². The van der Waals surface area contributed by atoms with Crippen LogP contribution < -0.4 is 20.5 Å². The molecule has 0 atom stereocenters. The quantitative estimate of drug-likeness (QED) is 0.166. The maximum absolute atomic E-state index is 6.24. The van der Waals surface area contributed by atoms with E-state index >= 15 is 0 Å². The van der Waals surface area contributed by atoms with Gasteiger partial charge in [0.2, 0.25) is 0 Å². The molecule has 0 heterocycles. The molecule has 5 nitrogen and oxygen atoms in total. The fraction of sp³-hybridized carbons (Fsp3) is 0.400. The van der Waals surface area contributed by atoms with Crippen LogP contribution in [0.5, 0.6) is 11.5 Å². The van der Waals surface area contributed by atoms with E-state index < -0.39 is 0 Å². The highest BCUT2D eigenvalue weighted by atomic mass is 35.5. The summed E-state index contributed by atoms with van der Waals surface area (Å²) in [4.78, 5) is 2.40. The summed E-state index contributed by atoms with van der Waals surface area (Å²) >= 11 is 5.94. The average molecular weight is 510 g/mol. The van der Waals surface area contributed by atoms with Gasteiger partial charge in [0.15, 0.2) is 0 Å². The third kappa shape index (κ3) is 9.29. The fourth-order valence-corrected chi connectivity index (χ4v) is 4.19. The van der Waals surface area contributed by atoms with Crippen molar-refractivity contribution in [2.45, 2.75) is 39.5 Å². The summed E-state index contributed by atoms with van der Waals surface area (Å²) in [6, 6.07) is 22.1. The molecular weight excluding hydrogens is 470 g/mol. The number of anilines is 2. The van der Waals surface area contributed by atoms with Gasteiger partial charge in [-0.05, 0) is 79.9 Å². The Morgan fingerprint density at radius 2 is 1.50 bits per heavy atom. The molecule has 0 aromatic heterocycles. The largest absolute Gasteiger partial charge is 0.493 e. The van der Waals surface area contributed by atoms with Crippen LogP contribution in [0.4, 0.5) is 11.4 Å². The highest BCUT2D eigenvalue weighted by Gasteiger charge is 2.08. The van der Waals surface area contributed by atoms with E-state index in [0.29, 0.717) is 13.2 Å². The van der Waals surface area contributed by atoms with Gasteiger partial charge in [0.05, 0.1) is 18.9 Å². The second-order valence-electron chi connectivity index (χ2n) is 8.85. The number of nitrogens with one attached hydrogen (secondary N) is 1. The summed E-state index contributed by atoms with van der Waals surface area (Å²) in [5.41, 5.74) is 10.4. The molecule has 36 heavy (non-hydrogen) atoms. The Bertz CT molecular complexity index is 1020. The maximum atomic E-state index is 6.24. The van der Waals surface area contributed by atoms with Crippen LogP contribution in [0.1, 0.15) is 37.8 Å². The lowest BCUT2D eigenvalue weighted by atomic mass is 10.1. The number of benzene rings is 3. The Morgan fingerprint density at radius 1 is 0.806 bits per heavy atom. The SMILES string of the molecule is CCN(CC)CCCOc1cccc(N)c1NCCCc1ccc(OCCc2ccc(Cl)cc2)cc1. The van der Waals surface area contributed by atoms with Crippen molar-refractivity contribution in [3.63, 3.8) is 0 Å². The van der Waals surface area contributed by atoms with Crippen LogP contribution in [0.2, 0.25) is 5.02 Å². The Kier molecular flexibility index (Phi) is 11.7. The maximum Gasteiger partial charge on any atom is 0.144 e. The number of aryl methyl sites for hydroxylation is 1. The first-order chi connectivity index (χ1) is 17.6. The Morgan fingerprint density at radius 3 is 2.22 bits per heavy atom. The second-order valence-corrected chi connectivity index (χ2v) is 9.28. The first kappa shape index (κ1) is 27.7. The zero-order valence-corrected chi connectivity index (χ0v) is 22.4. The zero-order valence-electron chi connectivity index (χ0n) is 21.6. The number of nitrogens with two attached hydrogens (primary N) is 1. The van der Waals surface area contributed by atoms with Crippen molar-refractivity contribution in [3.8, 4) is 11.5 Å². The summed E-state index contributed by atoms with van der Waals surface area (Å²) in [6.07, 6.45) is 3.82. The van der Waals surface area contributed by atoms with Crippen molar-refractivity contribution in [1.29, 1.82) is 0 Å². The molecule has 0 aliphatic rings. The van der Waals surface area contributed by atoms with Gasteiger partial charge in [-0.3, -0.25) is 0 Å². The van der Waals surface area contributed by atoms with Gasteiger partial charge in [-0.15, -0.1) is 0 Å². The first-order valence-electron chi connectivity index (χ1n) is 13.0. The van der Waals surface area contributed by atoms with Gasteiger partial charge in [-0.25, -0.2) is 0 Å². The summed E-state index contributed by atoms with van der Waals surface area (Å²) in [7, 11) is 0. The third-order valence-electron chi connectivity index (χ3n) is 6.27. The molecule has 0 bridgehead atoms. The summed E-state index contributed by atoms with van der Waals surface area (Å²) in [5, 5.41) is 4.25. The molecule has 3 N–H and O–H groups in total. The van der Waals surface area contributed by atoms with Crippen molar-refractivity contribution < 1.29 is 9.47 Å². The van der Waals surface area contributed by atoms with Crippen LogP contribution in [0.25, 0.3) is 0 Å². The van der Waals surface area contributed by atoms with Gasteiger partial charge in [-0.1, -0.05) is 55.8 Å². The number of rotatable bonds is 16. The Hall–Kier alpha value is -2.89. The molecule has 0 spiro atoms. The topological polar surface area (TPSA) is 59.8 Å². The van der Waals surface area contributed by atoms with E-state index in [1.165, 1.54) is 11.1 Å². The molecule has 0 saturated heterocycles. The fourth-order valence-electron chi connectivity index (χ4n) is 4.06. The van der Waals surface area contributed by atoms with Crippen LogP contribution in [-0.2, 0) is 12.8 Å². The molecule has 6 heteroatoms. The highest BCUT2D eigenvalue weighted by Crippen LogP contribution is 2.30. The molecular formula is C30H40ClN3O2. The minimum Gasteiger partial charge on any atom is -0.493 e. The van der Waals surface area contributed by atoms with E-state index in [2.05, 4.69) is 36.2 Å². The Labute approximate surface area is 221 Å². The second kappa shape index (κ2) is 15.3. The number of hydrogen-bond donors (Lipinski definition) is 2. The lowest BCUT2D eigenvalue weighted by molar-refractivity contribution is 0.250. The molecule has 3 rings (SSSR count). The van der Waals surface area contributed by atoms with Crippen LogP contribution in [0, 0.1) is 0 Å². The predicted octanol–water partition coefficient (Wildman–Crippen LogP) is 6.70. The van der Waals surface area contributed by atoms with E-state index in [9.17, 15) is 0 Å². The number of para-hydroxylation sites is 1. The summed E-state index contributed by atoms with van der Waals surface area (Å²) < 4.78 is 12.0. The van der Waals surface area contributed by atoms with Gasteiger partial charge >= 0.3 is 0 Å². The van der Waals surface area contributed by atoms with Crippen molar-refractivity contribution in [1.82, 2.24) is 4.90 Å². The molecule has 0 radical (unpaired) electrons. The zero-order chi connectivity index (χ0) is 25.6. The normalized spacial score (nSPS) is 11.0. The van der Waals surface area contributed by atoms with E-state index in [-0.39, 0.29) is 0 Å². The van der Waals surface area contributed by atoms with Crippen molar-refractivity contribution in [2.24, 2.45) is 0 Å². The summed E-state index contributed by atoms with van der Waals surface area (Å²) in [5.74, 6) is 1.72. The lowest BCUT2D eigenvalue weighted by Crippen LogP contribution is -2.25. The van der Waals surface area contributed by atoms with Crippen molar-refractivity contribution in [2.75, 3.05) is 50.4 Å². The van der Waals surface area contributed by atoms with E-state index in [1.54, 1.807) is 0 Å². The van der Waals surface area contributed by atoms with Crippen LogP contribution >= 0.6 is 11.6 Å². The number of ether oxygens (including phenoxy) is 2. The van der Waals surface area contributed by atoms with Crippen molar-refractivity contribution >= 4 is 23.0 Å². The molecule has 0 unspecified atom stereocenters. The number of halogens is 1. The van der Waals surface area contributed by atoms with Gasteiger partial charge in [0, 0.05) is 24.5 Å². The first-order valence-corrected chi connectivity index (χ1v) is 13.4. The highest BCUT2D eigenvalue weighted by molar-refractivity contribution is 6.30. The van der Waals surface area contributed by atoms with Crippen LogP contribution in [0.3, 0.4) is 0 Å². The molecule has 3 aromatic rings. The monoisotopic (exact) mass is 509 g/mol. The third-order valence-corrected chi connectivity index (χ3v) is 6.52. The molecule has 0 aliphatic heterocycles. The number of hydrogen-bond acceptors (Lipinski definition) is 5. The number of nitrogen functional groups attached to an aromatic ring is 1. The smallest absolute Gasteiger partial charge is 0.144 e. The molecule has 0 aliphatic carbocycles. The van der Waals surface area contributed by atoms with Crippen molar-refractivity contribution in [3.05, 3.63) is 82.9 Å². The molecule has 0 amide bonds. The molecule has 3 aromatic carbocycles. The average Bonchev–Trinajstić information content (AvgIpc) is 2.90. The minimum atomic E-state index is 0.642. The Balaban J connectivity index is 1.38. The van der Waals surface area contributed by atoms with Gasteiger partial charge < -0.3 is 25.4 Å². The number of nitrogens with zero attached hydrogens (tertiary/aromatic N) is 1.